The smallest absolute Gasteiger partial charge is 0.411 e. The van der Waals surface area contributed by atoms with Gasteiger partial charge in [-0.2, -0.15) is 0 Å². The molecule has 1 amide bonds. The number of hydrogen-bond acceptors (Lipinski definition) is 3. The van der Waals surface area contributed by atoms with Crippen LogP contribution in [0.1, 0.15) is 77.8 Å². The number of aryl methyl sites for hydroxylation is 2. The number of nitrogens with zero attached hydrogens (tertiary/aromatic N) is 1. The maximum atomic E-state index is 12.6. The lowest BCUT2D eigenvalue weighted by Gasteiger charge is -2.43. The van der Waals surface area contributed by atoms with Crippen LogP contribution in [0.5, 0.6) is 0 Å². The Morgan fingerprint density at radius 3 is 2.00 bits per heavy atom. The predicted molar refractivity (Wildman–Crippen MR) is 144 cm³/mol. The largest absolute Gasteiger partial charge is 0.449 e. The Hall–Kier alpha value is -3.27. The van der Waals surface area contributed by atoms with Crippen LogP contribution in [0.3, 0.4) is 0 Å². The molecule has 0 bridgehead atoms. The fourth-order valence-corrected chi connectivity index (χ4v) is 5.79. The van der Waals surface area contributed by atoms with E-state index in [0.29, 0.717) is 18.4 Å². The molecule has 4 heteroatoms. The van der Waals surface area contributed by atoms with Gasteiger partial charge in [0.15, 0.2) is 0 Å². The second kappa shape index (κ2) is 10.2. The zero-order valence-corrected chi connectivity index (χ0v) is 21.1. The van der Waals surface area contributed by atoms with Gasteiger partial charge in [0.05, 0.1) is 6.61 Å². The summed E-state index contributed by atoms with van der Waals surface area (Å²) >= 11 is 0. The number of hydrogen-bond donors (Lipinski definition) is 1. The number of carbonyl (C=O) groups excluding carboxylic acids is 1. The van der Waals surface area contributed by atoms with Crippen molar-refractivity contribution in [2.45, 2.75) is 58.3 Å². The molecule has 2 atom stereocenters. The first-order valence-corrected chi connectivity index (χ1v) is 13.0. The molecule has 35 heavy (non-hydrogen) atoms. The summed E-state index contributed by atoms with van der Waals surface area (Å²) in [5.41, 5.74) is 10.1. The van der Waals surface area contributed by atoms with Crippen molar-refractivity contribution in [3.8, 4) is 0 Å². The lowest BCUT2D eigenvalue weighted by atomic mass is 9.76. The van der Waals surface area contributed by atoms with Crippen LogP contribution >= 0.6 is 0 Å². The number of carbonyl (C=O) groups is 1. The summed E-state index contributed by atoms with van der Waals surface area (Å²) in [4.78, 5) is 15.1. The molecule has 0 fully saturated rings. The van der Waals surface area contributed by atoms with E-state index in [-0.39, 0.29) is 6.09 Å². The average molecular weight is 469 g/mol. The van der Waals surface area contributed by atoms with E-state index in [1.54, 1.807) is 0 Å². The second-order valence-electron chi connectivity index (χ2n) is 10.1. The van der Waals surface area contributed by atoms with Crippen molar-refractivity contribution in [2.75, 3.05) is 29.9 Å². The van der Waals surface area contributed by atoms with Crippen molar-refractivity contribution in [1.82, 2.24) is 0 Å². The lowest BCUT2D eigenvalue weighted by molar-refractivity contribution is 0.160. The maximum Gasteiger partial charge on any atom is 0.411 e. The highest BCUT2D eigenvalue weighted by molar-refractivity contribution is 5.86. The Kier molecular flexibility index (Phi) is 6.81. The lowest BCUT2D eigenvalue weighted by Crippen LogP contribution is -2.37. The van der Waals surface area contributed by atoms with Crippen LogP contribution in [0.25, 0.3) is 0 Å². The zero-order valence-electron chi connectivity index (χ0n) is 21.1. The molecule has 2 aliphatic heterocycles. The van der Waals surface area contributed by atoms with E-state index < -0.39 is 0 Å². The van der Waals surface area contributed by atoms with E-state index in [4.69, 9.17) is 4.74 Å². The van der Waals surface area contributed by atoms with E-state index in [0.717, 1.165) is 44.5 Å². The number of rotatable bonds is 6. The third-order valence-corrected chi connectivity index (χ3v) is 7.48. The molecule has 0 unspecified atom stereocenters. The maximum absolute atomic E-state index is 12.6. The number of benzene rings is 3. The summed E-state index contributed by atoms with van der Waals surface area (Å²) in [7, 11) is 0. The molecular formula is C31H36N2O2. The van der Waals surface area contributed by atoms with Crippen LogP contribution in [-0.2, 0) is 4.74 Å². The van der Waals surface area contributed by atoms with Gasteiger partial charge in [0.25, 0.3) is 0 Å². The molecule has 3 aromatic rings. The van der Waals surface area contributed by atoms with Gasteiger partial charge in [-0.25, -0.2) is 4.79 Å². The number of anilines is 2. The van der Waals surface area contributed by atoms with Crippen LogP contribution < -0.4 is 10.2 Å². The zero-order chi connectivity index (χ0) is 24.4. The number of ether oxygens (including phenoxy) is 1. The summed E-state index contributed by atoms with van der Waals surface area (Å²) in [5, 5.41) is 3.05. The normalized spacial score (nSPS) is 18.7. The van der Waals surface area contributed by atoms with E-state index in [1.165, 1.54) is 39.1 Å². The molecular weight excluding hydrogens is 432 g/mol. The van der Waals surface area contributed by atoms with Crippen molar-refractivity contribution in [3.63, 3.8) is 0 Å². The number of nitrogens with one attached hydrogen (secondary N) is 1. The molecule has 0 aromatic heterocycles. The Morgan fingerprint density at radius 1 is 0.914 bits per heavy atom. The minimum Gasteiger partial charge on any atom is -0.449 e. The Bertz CT molecular complexity index is 1140. The van der Waals surface area contributed by atoms with Crippen molar-refractivity contribution < 1.29 is 9.53 Å². The molecule has 5 rings (SSSR count). The molecule has 0 aliphatic carbocycles. The SMILES string of the molecule is CCCCOC(=O)Nc1cc2c3c(c1)[C@H](c1cccc(C)c1)CCN3CC[C@H]2c1cccc(C)c1. The highest BCUT2D eigenvalue weighted by Gasteiger charge is 2.35. The van der Waals surface area contributed by atoms with Gasteiger partial charge in [-0.05, 0) is 67.5 Å². The first kappa shape index (κ1) is 23.5. The Labute approximate surface area is 209 Å². The number of amides is 1. The van der Waals surface area contributed by atoms with Crippen LogP contribution in [-0.4, -0.2) is 25.8 Å². The minimum absolute atomic E-state index is 0.314. The quantitative estimate of drug-likeness (QED) is 0.380. The standard InChI is InChI=1S/C31H36N2O2/c1-4-5-16-35-31(34)32-25-19-28-26(23-10-6-8-21(2)17-23)12-14-33-15-13-27(29(20-25)30(28)33)24-11-7-9-22(3)18-24/h6-11,17-20,26-27H,4-5,12-16H2,1-3H3,(H,32,34)/t26-,27-/m0/s1. The molecule has 4 nitrogen and oxygen atoms in total. The fourth-order valence-electron chi connectivity index (χ4n) is 5.79. The van der Waals surface area contributed by atoms with Crippen molar-refractivity contribution in [2.24, 2.45) is 0 Å². The highest BCUT2D eigenvalue weighted by Crippen LogP contribution is 2.49. The second-order valence-corrected chi connectivity index (χ2v) is 10.1. The summed E-state index contributed by atoms with van der Waals surface area (Å²) in [5.74, 6) is 0.628. The predicted octanol–water partition coefficient (Wildman–Crippen LogP) is 7.53. The molecule has 0 saturated heterocycles. The molecule has 0 radical (unpaired) electrons. The molecule has 3 aromatic carbocycles. The van der Waals surface area contributed by atoms with Crippen molar-refractivity contribution >= 4 is 17.5 Å². The van der Waals surface area contributed by atoms with Gasteiger partial charge in [0.1, 0.15) is 0 Å². The number of unbranched alkanes of at least 4 members (excludes halogenated alkanes) is 1. The van der Waals surface area contributed by atoms with Crippen molar-refractivity contribution in [1.29, 1.82) is 0 Å². The van der Waals surface area contributed by atoms with Crippen LogP contribution in [0.15, 0.2) is 60.7 Å². The minimum atomic E-state index is -0.367. The van der Waals surface area contributed by atoms with Gasteiger partial charge >= 0.3 is 6.09 Å². The van der Waals surface area contributed by atoms with Gasteiger partial charge in [0.2, 0.25) is 0 Å². The van der Waals surface area contributed by atoms with Crippen LogP contribution in [0, 0.1) is 13.8 Å². The van der Waals surface area contributed by atoms with Crippen LogP contribution in [0.2, 0.25) is 0 Å². The molecule has 0 saturated carbocycles. The Morgan fingerprint density at radius 2 is 1.49 bits per heavy atom. The summed E-state index contributed by atoms with van der Waals surface area (Å²) in [6.45, 7) is 8.98. The molecule has 0 spiro atoms. The van der Waals surface area contributed by atoms with E-state index >= 15 is 0 Å². The van der Waals surface area contributed by atoms with Gasteiger partial charge in [0, 0.05) is 36.3 Å². The Balaban J connectivity index is 1.60. The topological polar surface area (TPSA) is 41.6 Å². The average Bonchev–Trinajstić information content (AvgIpc) is 2.84. The molecule has 1 N–H and O–H groups in total. The third-order valence-electron chi connectivity index (χ3n) is 7.48. The van der Waals surface area contributed by atoms with E-state index in [1.807, 2.05) is 0 Å². The monoisotopic (exact) mass is 468 g/mol. The summed E-state index contributed by atoms with van der Waals surface area (Å²) in [6.07, 6.45) is 3.67. The highest BCUT2D eigenvalue weighted by atomic mass is 16.5. The first-order chi connectivity index (χ1) is 17.0. The first-order valence-electron chi connectivity index (χ1n) is 13.0. The van der Waals surface area contributed by atoms with Gasteiger partial charge < -0.3 is 9.64 Å². The molecule has 2 heterocycles. The van der Waals surface area contributed by atoms with Gasteiger partial charge in [-0.15, -0.1) is 0 Å². The molecule has 182 valence electrons. The third kappa shape index (κ3) is 4.93. The van der Waals surface area contributed by atoms with E-state index in [9.17, 15) is 4.79 Å². The van der Waals surface area contributed by atoms with Crippen LogP contribution in [0.4, 0.5) is 16.2 Å². The summed E-state index contributed by atoms with van der Waals surface area (Å²) < 4.78 is 5.43. The summed E-state index contributed by atoms with van der Waals surface area (Å²) in [6, 6.07) is 22.1. The van der Waals surface area contributed by atoms with Crippen molar-refractivity contribution in [3.05, 3.63) is 94.0 Å². The van der Waals surface area contributed by atoms with Gasteiger partial charge in [-0.1, -0.05) is 73.0 Å². The van der Waals surface area contributed by atoms with Gasteiger partial charge in [-0.3, -0.25) is 5.32 Å². The molecule has 2 aliphatic rings. The fraction of sp³-hybridized carbons (Fsp3) is 0.387. The van der Waals surface area contributed by atoms with E-state index in [2.05, 4.69) is 91.7 Å².